The predicted octanol–water partition coefficient (Wildman–Crippen LogP) is 5.33. The number of nitrogens with zero attached hydrogens (tertiary/aromatic N) is 4. The molecule has 35 heavy (non-hydrogen) atoms. The van der Waals surface area contributed by atoms with Crippen LogP contribution >= 0.6 is 11.6 Å². The second-order valence-corrected chi connectivity index (χ2v) is 10.4. The smallest absolute Gasteiger partial charge is 0.410 e. The molecule has 8 heteroatoms. The maximum absolute atomic E-state index is 13.0. The van der Waals surface area contributed by atoms with E-state index in [4.69, 9.17) is 21.3 Å². The van der Waals surface area contributed by atoms with Crippen molar-refractivity contribution in [3.63, 3.8) is 0 Å². The van der Waals surface area contributed by atoms with Crippen molar-refractivity contribution in [3.8, 4) is 11.3 Å². The molecular formula is C27H27ClN4O3. The van der Waals surface area contributed by atoms with Crippen LogP contribution in [-0.4, -0.2) is 44.9 Å². The van der Waals surface area contributed by atoms with Crippen molar-refractivity contribution in [1.29, 1.82) is 0 Å². The fraction of sp³-hybridized carbons (Fsp3) is 0.333. The number of fused-ring (bicyclic) bond motifs is 2. The summed E-state index contributed by atoms with van der Waals surface area (Å²) >= 11 is 5.93. The van der Waals surface area contributed by atoms with Crippen molar-refractivity contribution in [2.24, 2.45) is 10.9 Å². The first-order valence-corrected chi connectivity index (χ1v) is 12.0. The first-order valence-electron chi connectivity index (χ1n) is 11.7. The highest BCUT2D eigenvalue weighted by atomic mass is 35.5. The molecule has 7 nitrogen and oxygen atoms in total. The average molecular weight is 491 g/mol. The van der Waals surface area contributed by atoms with Crippen molar-refractivity contribution in [1.82, 2.24) is 14.5 Å². The second-order valence-electron chi connectivity index (χ2n) is 10.00. The van der Waals surface area contributed by atoms with E-state index >= 15 is 0 Å². The molecule has 1 aliphatic carbocycles. The molecule has 1 amide bonds. The predicted molar refractivity (Wildman–Crippen MR) is 137 cm³/mol. The third-order valence-corrected chi connectivity index (χ3v) is 6.43. The number of rotatable bonds is 2. The number of aromatic nitrogens is 2. The molecule has 1 atom stereocenters. The molecule has 1 saturated heterocycles. The van der Waals surface area contributed by atoms with E-state index in [0.717, 1.165) is 29.1 Å². The van der Waals surface area contributed by atoms with Crippen LogP contribution in [0.3, 0.4) is 0 Å². The number of ether oxygens (including phenoxy) is 1. The van der Waals surface area contributed by atoms with Crippen molar-refractivity contribution in [3.05, 3.63) is 81.0 Å². The number of pyridine rings is 2. The molecule has 3 aliphatic rings. The minimum atomic E-state index is -0.538. The first kappa shape index (κ1) is 23.3. The zero-order chi connectivity index (χ0) is 24.9. The maximum Gasteiger partial charge on any atom is 0.410 e. The van der Waals surface area contributed by atoms with E-state index < -0.39 is 5.60 Å². The lowest BCUT2D eigenvalue weighted by Gasteiger charge is -2.31. The van der Waals surface area contributed by atoms with E-state index in [1.54, 1.807) is 40.1 Å². The Hall–Kier alpha value is -3.45. The summed E-state index contributed by atoms with van der Waals surface area (Å²) in [5.41, 5.74) is 5.67. The number of carbonyl (C=O) groups excluding carboxylic acids is 1. The highest BCUT2D eigenvalue weighted by Gasteiger charge is 2.35. The number of piperidine rings is 1. The van der Waals surface area contributed by atoms with Crippen LogP contribution < -0.4 is 5.56 Å². The normalized spacial score (nSPS) is 19.5. The molecule has 4 heterocycles. The summed E-state index contributed by atoms with van der Waals surface area (Å²) in [5.74, 6) is 0.0961. The van der Waals surface area contributed by atoms with Gasteiger partial charge in [-0.2, -0.15) is 0 Å². The Kier molecular flexibility index (Phi) is 5.75. The minimum Gasteiger partial charge on any atom is -0.444 e. The van der Waals surface area contributed by atoms with Gasteiger partial charge in [-0.25, -0.2) is 4.79 Å². The van der Waals surface area contributed by atoms with Crippen LogP contribution in [0.15, 0.2) is 75.4 Å². The third-order valence-electron chi connectivity index (χ3n) is 6.21. The van der Waals surface area contributed by atoms with Crippen LogP contribution in [0.2, 0.25) is 5.02 Å². The summed E-state index contributed by atoms with van der Waals surface area (Å²) in [4.78, 5) is 36.4. The summed E-state index contributed by atoms with van der Waals surface area (Å²) in [6.45, 7) is 8.74. The van der Waals surface area contributed by atoms with Crippen LogP contribution in [0.1, 0.15) is 34.1 Å². The largest absolute Gasteiger partial charge is 0.444 e. The highest BCUT2D eigenvalue weighted by molar-refractivity contribution is 6.30. The lowest BCUT2D eigenvalue weighted by molar-refractivity contribution is 0.0275. The van der Waals surface area contributed by atoms with Gasteiger partial charge >= 0.3 is 6.09 Å². The number of halogens is 1. The number of hydrogen-bond donors (Lipinski definition) is 0. The molecule has 2 aromatic rings. The summed E-state index contributed by atoms with van der Waals surface area (Å²) in [6, 6.07) is 6.99. The fourth-order valence-electron chi connectivity index (χ4n) is 4.68. The number of allylic oxidation sites excluding steroid dienone is 4. The molecule has 2 aromatic heterocycles. The van der Waals surface area contributed by atoms with E-state index in [9.17, 15) is 9.59 Å². The molecule has 0 bridgehead atoms. The van der Waals surface area contributed by atoms with Gasteiger partial charge in [-0.05, 0) is 62.6 Å². The van der Waals surface area contributed by atoms with Crippen LogP contribution in [0.4, 0.5) is 4.79 Å². The first-order chi connectivity index (χ1) is 16.6. The minimum absolute atomic E-state index is 0.0961. The van der Waals surface area contributed by atoms with E-state index in [1.165, 1.54) is 11.1 Å². The Balaban J connectivity index is 1.41. The van der Waals surface area contributed by atoms with Crippen molar-refractivity contribution >= 4 is 29.1 Å². The van der Waals surface area contributed by atoms with Crippen LogP contribution in [0.5, 0.6) is 0 Å². The summed E-state index contributed by atoms with van der Waals surface area (Å²) < 4.78 is 7.17. The van der Waals surface area contributed by atoms with Crippen molar-refractivity contribution < 1.29 is 9.53 Å². The van der Waals surface area contributed by atoms with Crippen molar-refractivity contribution in [2.45, 2.75) is 39.7 Å². The van der Waals surface area contributed by atoms with Crippen LogP contribution in [-0.2, 0) is 4.74 Å². The number of carbonyl (C=O) groups is 1. The third kappa shape index (κ3) is 4.60. The summed E-state index contributed by atoms with van der Waals surface area (Å²) in [6.07, 6.45) is 7.79. The van der Waals surface area contributed by atoms with Gasteiger partial charge in [0.15, 0.2) is 0 Å². The zero-order valence-corrected chi connectivity index (χ0v) is 21.0. The van der Waals surface area contributed by atoms with Crippen molar-refractivity contribution in [2.75, 3.05) is 13.1 Å². The highest BCUT2D eigenvalue weighted by Crippen LogP contribution is 2.40. The number of amides is 1. The number of aliphatic imine (C=N–C) groups is 1. The van der Waals surface area contributed by atoms with Gasteiger partial charge in [-0.15, -0.1) is 0 Å². The van der Waals surface area contributed by atoms with Crippen LogP contribution in [0.25, 0.3) is 17.0 Å². The van der Waals surface area contributed by atoms with Gasteiger partial charge in [0.2, 0.25) is 0 Å². The fourth-order valence-corrected chi connectivity index (χ4v) is 4.79. The Morgan fingerprint density at radius 2 is 2.03 bits per heavy atom. The molecule has 0 saturated carbocycles. The molecule has 0 aromatic carbocycles. The van der Waals surface area contributed by atoms with Gasteiger partial charge in [-0.3, -0.25) is 19.3 Å². The Bertz CT molecular complexity index is 1390. The summed E-state index contributed by atoms with van der Waals surface area (Å²) in [7, 11) is 0. The molecule has 0 N–H and O–H groups in total. The van der Waals surface area contributed by atoms with Gasteiger partial charge in [0.1, 0.15) is 5.60 Å². The second kappa shape index (κ2) is 8.64. The van der Waals surface area contributed by atoms with E-state index in [1.807, 2.05) is 32.9 Å². The average Bonchev–Trinajstić information content (AvgIpc) is 3.16. The zero-order valence-electron chi connectivity index (χ0n) is 20.2. The van der Waals surface area contributed by atoms with Gasteiger partial charge < -0.3 is 9.64 Å². The molecule has 5 rings (SSSR count). The lowest BCUT2D eigenvalue weighted by atomic mass is 9.86. The maximum atomic E-state index is 13.0. The molecule has 1 unspecified atom stereocenters. The van der Waals surface area contributed by atoms with Gasteiger partial charge in [-0.1, -0.05) is 24.6 Å². The Labute approximate surface area is 209 Å². The lowest BCUT2D eigenvalue weighted by Crippen LogP contribution is -2.43. The molecule has 0 spiro atoms. The Morgan fingerprint density at radius 3 is 2.71 bits per heavy atom. The van der Waals surface area contributed by atoms with Crippen LogP contribution in [0, 0.1) is 5.92 Å². The van der Waals surface area contributed by atoms with Gasteiger partial charge in [0.25, 0.3) is 5.56 Å². The Morgan fingerprint density at radius 1 is 1.23 bits per heavy atom. The van der Waals surface area contributed by atoms with E-state index in [2.05, 4.69) is 18.0 Å². The van der Waals surface area contributed by atoms with Gasteiger partial charge in [0.05, 0.1) is 28.7 Å². The van der Waals surface area contributed by atoms with E-state index in [0.29, 0.717) is 23.8 Å². The molecular weight excluding hydrogens is 464 g/mol. The summed E-state index contributed by atoms with van der Waals surface area (Å²) in [5, 5.41) is 0.549. The topological polar surface area (TPSA) is 76.8 Å². The molecule has 2 aliphatic heterocycles. The standard InChI is InChI=1S/C27H27ClN4O3/c1-16-11-19(32-10-7-17(12-24(32)33)21-6-5-18(28)14-29-21)13-22-25(16)20-8-9-31(15-23(20)30-22)26(34)35-27(2,3)4/h5-7,10-14,16H,8-9,15H2,1-4H3. The van der Waals surface area contributed by atoms with E-state index in [-0.39, 0.29) is 17.6 Å². The number of hydrogen-bond acceptors (Lipinski definition) is 5. The van der Waals surface area contributed by atoms with Gasteiger partial charge in [0, 0.05) is 42.2 Å². The number of likely N-dealkylation sites (tertiary alicyclic amines) is 1. The SMILES string of the molecule is CC1C=C(n2ccc(-c3ccc(Cl)cn3)cc2=O)C=C2N=C3CN(C(=O)OC(C)(C)C)CCC3=C21. The quantitative estimate of drug-likeness (QED) is 0.570. The molecule has 0 radical (unpaired) electrons. The molecule has 180 valence electrons. The monoisotopic (exact) mass is 490 g/mol. The molecule has 1 fully saturated rings.